The van der Waals surface area contributed by atoms with Crippen molar-refractivity contribution < 1.29 is 48.7 Å². The summed E-state index contributed by atoms with van der Waals surface area (Å²) in [5.41, 5.74) is 7.41. The fraction of sp³-hybridized carbons (Fsp3) is 0.286. The molecule has 0 saturated carbocycles. The van der Waals surface area contributed by atoms with Crippen molar-refractivity contribution in [3.63, 3.8) is 0 Å². The third kappa shape index (κ3) is 17.7. The van der Waals surface area contributed by atoms with Gasteiger partial charge in [0.2, 0.25) is 17.7 Å². The summed E-state index contributed by atoms with van der Waals surface area (Å²) in [6.07, 6.45) is 12.7. The molecule has 0 spiro atoms. The van der Waals surface area contributed by atoms with Gasteiger partial charge in [-0.2, -0.15) is 5.26 Å². The third-order valence-corrected chi connectivity index (χ3v) is 25.0. The number of aryl methyl sites for hydroxylation is 1. The van der Waals surface area contributed by atoms with E-state index in [4.69, 9.17) is 16.3 Å². The van der Waals surface area contributed by atoms with Crippen LogP contribution in [0.25, 0.3) is 21.8 Å². The van der Waals surface area contributed by atoms with E-state index >= 15 is 0 Å². The molecule has 0 aliphatic carbocycles. The van der Waals surface area contributed by atoms with Gasteiger partial charge in [0, 0.05) is 169 Å². The SMILES string of the molecule is CC1CN(c2ccc(S(=O)(=O)Nc3nccs3)cc2)CCN1C(=O)Cn1cc(C#N)c2ccccc21.COc1cccc2c1ccn2C(C)C(=O)N1CCN(c2ccc(S(=O)(=O)Nc3ccncn3)cc2)CC1.C[C@H]1CN(c2ccc(S(=O)(=O)Nc3ccncn3)cc2)CCN1C(=O)CN1CCCc2cc(Cl)ccc21.[HH].[HH].[HH]. The van der Waals surface area contributed by atoms with E-state index in [2.05, 4.69) is 71.7 Å². The van der Waals surface area contributed by atoms with Crippen LogP contribution in [0.3, 0.4) is 0 Å². The maximum Gasteiger partial charge on any atom is 0.263 e. The number of hydrogen-bond donors (Lipinski definition) is 3. The molecule has 4 aliphatic heterocycles. The number of sulfonamides is 3. The topological polar surface area (TPSA) is 320 Å². The smallest absolute Gasteiger partial charge is 0.263 e. The Labute approximate surface area is 651 Å². The number of thiazole rings is 1. The number of methoxy groups -OCH3 is 1. The third-order valence-electron chi connectivity index (χ3n) is 19.8. The van der Waals surface area contributed by atoms with E-state index in [1.165, 1.54) is 54.1 Å². The zero-order valence-electron chi connectivity index (χ0n) is 60.7. The Hall–Kier alpha value is -11.4. The van der Waals surface area contributed by atoms with Crippen molar-refractivity contribution >= 4 is 132 Å². The normalized spacial score (nSPS) is 16.3. The minimum atomic E-state index is -3.75. The lowest BCUT2D eigenvalue weighted by molar-refractivity contribution is -0.135. The summed E-state index contributed by atoms with van der Waals surface area (Å²) >= 11 is 7.38. The van der Waals surface area contributed by atoms with Crippen LogP contribution in [0, 0.1) is 11.3 Å². The molecule has 3 amide bonds. The minimum absolute atomic E-state index is 0. The second kappa shape index (κ2) is 33.6. The highest BCUT2D eigenvalue weighted by molar-refractivity contribution is 7.93. The molecular formula is C77H87ClN18O10S4. The number of carbonyl (C=O) groups is 3. The Balaban J connectivity index is 0.000000177. The summed E-state index contributed by atoms with van der Waals surface area (Å²) in [5.74, 6) is 1.39. The maximum atomic E-state index is 13.3. The number of nitrogens with zero attached hydrogens (tertiary/aromatic N) is 15. The fourth-order valence-electron chi connectivity index (χ4n) is 14.2. The van der Waals surface area contributed by atoms with E-state index < -0.39 is 30.1 Å². The minimum Gasteiger partial charge on any atom is -0.496 e. The van der Waals surface area contributed by atoms with Gasteiger partial charge < -0.3 is 48.2 Å². The van der Waals surface area contributed by atoms with Gasteiger partial charge in [0.25, 0.3) is 30.1 Å². The number of piperazine rings is 3. The molecule has 15 rings (SSSR count). The highest BCUT2D eigenvalue weighted by Crippen LogP contribution is 2.34. The van der Waals surface area contributed by atoms with Gasteiger partial charge in [-0.1, -0.05) is 35.9 Å². The standard InChI is InChI=1S/C26H29ClN6O3S.C26H28N6O4S.C25H24N6O3S2.3H2/c1-19-16-31(22-5-7-23(8-6-22)37(35,36)30-25-10-11-28-18-29-25)13-14-33(19)26(34)17-32-12-2-3-20-15-21(27)4-9-24(20)32;1-19(32-13-11-22-23(32)4-3-5-24(22)36-2)26(33)31-16-14-30(15-17-31)20-6-8-21(9-7-20)37(34,35)29-25-10-12-27-18-28-25;1-18-15-29(20-6-8-21(9-7-20)36(33,34)28-25-27-10-13-35-25)11-12-31(18)24(32)17-30-16-19(14-26)22-4-2-3-5-23(22)30;;;/h4-11,15,18-19H,2-3,12-14,16-17H2,1H3,(H,28,29,30);3-13,18-19H,14-17H2,1-2H3,(H,27,28,29);2-10,13,16,18H,11-12,15,17H2,1H3,(H,27,28);3*1H/t19-;;;;;/m0...../s1. The maximum absolute atomic E-state index is 13.3. The van der Waals surface area contributed by atoms with E-state index in [-0.39, 0.29) is 73.0 Å². The van der Waals surface area contributed by atoms with Crippen molar-refractivity contribution in [3.8, 4) is 11.8 Å². The van der Waals surface area contributed by atoms with Gasteiger partial charge in [-0.15, -0.1) is 11.3 Å². The van der Waals surface area contributed by atoms with E-state index in [0.717, 1.165) is 74.7 Å². The number of para-hydroxylation sites is 1. The Morgan fingerprint density at radius 1 is 0.609 bits per heavy atom. The number of nitriles is 1. The van der Waals surface area contributed by atoms with Gasteiger partial charge in [-0.25, -0.2) is 50.2 Å². The van der Waals surface area contributed by atoms with Crippen LogP contribution in [0.5, 0.6) is 5.75 Å². The number of fused-ring (bicyclic) bond motifs is 3. The molecule has 3 N–H and O–H groups in total. The number of ether oxygens (including phenoxy) is 1. The highest BCUT2D eigenvalue weighted by Gasteiger charge is 2.33. The number of rotatable bonds is 19. The summed E-state index contributed by atoms with van der Waals surface area (Å²) in [7, 11) is -9.57. The molecule has 0 radical (unpaired) electrons. The van der Waals surface area contributed by atoms with Crippen molar-refractivity contribution in [2.24, 2.45) is 0 Å². The first-order valence-electron chi connectivity index (χ1n) is 35.6. The largest absolute Gasteiger partial charge is 0.496 e. The van der Waals surface area contributed by atoms with E-state index in [0.29, 0.717) is 82.7 Å². The average molecular weight is 1590 g/mol. The van der Waals surface area contributed by atoms with Gasteiger partial charge in [0.05, 0.1) is 39.4 Å². The first-order valence-corrected chi connectivity index (χ1v) is 41.3. The summed E-state index contributed by atoms with van der Waals surface area (Å²) in [6.45, 7) is 13.6. The van der Waals surface area contributed by atoms with Crippen LogP contribution < -0.4 is 38.5 Å². The first kappa shape index (κ1) is 76.8. The zero-order chi connectivity index (χ0) is 77.3. The number of halogens is 1. The van der Waals surface area contributed by atoms with Gasteiger partial charge in [0.15, 0.2) is 5.13 Å². The molecule has 28 nitrogen and oxygen atoms in total. The summed E-state index contributed by atoms with van der Waals surface area (Å²) < 4.78 is 92.5. The molecule has 0 bridgehead atoms. The van der Waals surface area contributed by atoms with Crippen LogP contribution in [-0.2, 0) is 57.4 Å². The molecule has 5 aromatic heterocycles. The average Bonchev–Trinajstić information content (AvgIpc) is 1.78. The van der Waals surface area contributed by atoms with Crippen LogP contribution >= 0.6 is 22.9 Å². The summed E-state index contributed by atoms with van der Waals surface area (Å²) in [5, 5.41) is 14.0. The second-order valence-electron chi connectivity index (χ2n) is 26.8. The van der Waals surface area contributed by atoms with Crippen LogP contribution in [0.4, 0.5) is 39.5 Å². The van der Waals surface area contributed by atoms with Crippen molar-refractivity contribution in [1.82, 2.24) is 48.8 Å². The molecule has 11 aromatic rings. The summed E-state index contributed by atoms with van der Waals surface area (Å²) in [6, 6.07) is 46.4. The van der Waals surface area contributed by atoms with Crippen molar-refractivity contribution in [2.45, 2.75) is 73.0 Å². The lowest BCUT2D eigenvalue weighted by Gasteiger charge is -2.42. The molecule has 3 fully saturated rings. The van der Waals surface area contributed by atoms with Crippen molar-refractivity contribution in [1.29, 1.82) is 5.26 Å². The lowest BCUT2D eigenvalue weighted by atomic mass is 10.0. The van der Waals surface area contributed by atoms with Gasteiger partial charge in [-0.05, 0) is 167 Å². The Morgan fingerprint density at radius 3 is 1.69 bits per heavy atom. The van der Waals surface area contributed by atoms with Crippen LogP contribution in [-0.4, -0.2) is 189 Å². The van der Waals surface area contributed by atoms with Gasteiger partial charge in [-0.3, -0.25) is 28.5 Å². The van der Waals surface area contributed by atoms with Crippen LogP contribution in [0.2, 0.25) is 5.02 Å². The van der Waals surface area contributed by atoms with Gasteiger partial charge >= 0.3 is 0 Å². The molecule has 33 heteroatoms. The Kier molecular flexibility index (Phi) is 23.5. The lowest BCUT2D eigenvalue weighted by Crippen LogP contribution is -2.56. The summed E-state index contributed by atoms with van der Waals surface area (Å²) in [4.78, 5) is 73.9. The number of carbonyl (C=O) groups excluding carboxylic acids is 3. The van der Waals surface area contributed by atoms with Crippen molar-refractivity contribution in [2.75, 3.05) is 119 Å². The number of anilines is 7. The molecule has 576 valence electrons. The van der Waals surface area contributed by atoms with Crippen LogP contribution in [0.1, 0.15) is 48.6 Å². The Bertz CT molecular complexity index is 5500. The monoisotopic (exact) mass is 1590 g/mol. The molecule has 6 aromatic carbocycles. The van der Waals surface area contributed by atoms with E-state index in [9.17, 15) is 44.9 Å². The van der Waals surface area contributed by atoms with E-state index in [1.54, 1.807) is 97.7 Å². The number of hydrogen-bond acceptors (Lipinski definition) is 21. The molecule has 110 heavy (non-hydrogen) atoms. The molecule has 9 heterocycles. The van der Waals surface area contributed by atoms with Crippen LogP contribution in [0.15, 0.2) is 215 Å². The number of benzene rings is 6. The van der Waals surface area contributed by atoms with Gasteiger partial charge in [0.1, 0.15) is 48.7 Å². The zero-order valence-corrected chi connectivity index (χ0v) is 64.7. The molecule has 3 atom stereocenters. The predicted molar refractivity (Wildman–Crippen MR) is 432 cm³/mol. The number of aromatic nitrogens is 7. The molecule has 4 aliphatic rings. The fourth-order valence-corrected chi connectivity index (χ4v) is 18.2. The number of amides is 3. The first-order chi connectivity index (χ1) is 53.0. The predicted octanol–water partition coefficient (Wildman–Crippen LogP) is 10.8. The van der Waals surface area contributed by atoms with Crippen molar-refractivity contribution in [3.05, 3.63) is 217 Å². The van der Waals surface area contributed by atoms with E-state index in [1.807, 2.05) is 111 Å². The highest BCUT2D eigenvalue weighted by atomic mass is 35.5. The molecule has 3 saturated heterocycles. The quantitative estimate of drug-likeness (QED) is 0.0677. The second-order valence-corrected chi connectivity index (χ2v) is 33.2. The number of nitrogens with one attached hydrogen (secondary N) is 3. The Morgan fingerprint density at radius 2 is 1.15 bits per heavy atom. The molecular weight excluding hydrogens is 1500 g/mol. The molecule has 2 unspecified atom stereocenters.